The first kappa shape index (κ1) is 12.4. The standard InChI is InChI=1S/C12H10ClN3O2/c1-12(8-4-2-3-5-9(8)13)10(17)16(7-6-14)11(18)15-12/h2-5H,7H2,1H3,(H,15,18). The molecule has 0 aromatic heterocycles. The highest BCUT2D eigenvalue weighted by Gasteiger charge is 2.49. The molecule has 6 heteroatoms. The molecule has 1 aliphatic rings. The maximum Gasteiger partial charge on any atom is 0.326 e. The van der Waals surface area contributed by atoms with Gasteiger partial charge in [-0.25, -0.2) is 9.69 Å². The normalized spacial score (nSPS) is 22.8. The largest absolute Gasteiger partial charge is 0.326 e. The number of nitrogens with one attached hydrogen (secondary N) is 1. The quantitative estimate of drug-likeness (QED) is 0.651. The Labute approximate surface area is 109 Å². The van der Waals surface area contributed by atoms with Crippen LogP contribution in [0.2, 0.25) is 5.02 Å². The zero-order valence-electron chi connectivity index (χ0n) is 9.61. The van der Waals surface area contributed by atoms with E-state index in [9.17, 15) is 9.59 Å². The molecule has 2 rings (SSSR count). The molecule has 18 heavy (non-hydrogen) atoms. The Morgan fingerprint density at radius 1 is 1.44 bits per heavy atom. The summed E-state index contributed by atoms with van der Waals surface area (Å²) in [7, 11) is 0. The summed E-state index contributed by atoms with van der Waals surface area (Å²) < 4.78 is 0. The van der Waals surface area contributed by atoms with E-state index in [-0.39, 0.29) is 6.54 Å². The third-order valence-corrected chi connectivity index (χ3v) is 3.25. The van der Waals surface area contributed by atoms with E-state index in [1.807, 2.05) is 0 Å². The summed E-state index contributed by atoms with van der Waals surface area (Å²) in [5, 5.41) is 11.6. The van der Waals surface area contributed by atoms with Crippen LogP contribution in [0.25, 0.3) is 0 Å². The third kappa shape index (κ3) is 1.71. The van der Waals surface area contributed by atoms with Crippen molar-refractivity contribution in [1.82, 2.24) is 10.2 Å². The first-order valence-corrected chi connectivity index (χ1v) is 5.64. The minimum Gasteiger partial charge on any atom is -0.319 e. The highest BCUT2D eigenvalue weighted by Crippen LogP contribution is 2.33. The molecule has 3 amide bonds. The number of carbonyl (C=O) groups is 2. The van der Waals surface area contributed by atoms with E-state index in [1.165, 1.54) is 0 Å². The Bertz CT molecular complexity index is 567. The molecule has 0 spiro atoms. The van der Waals surface area contributed by atoms with Crippen molar-refractivity contribution in [2.75, 3.05) is 6.54 Å². The fourth-order valence-corrected chi connectivity index (χ4v) is 2.29. The maximum atomic E-state index is 12.2. The Hall–Kier alpha value is -2.06. The topological polar surface area (TPSA) is 73.2 Å². The lowest BCUT2D eigenvalue weighted by Gasteiger charge is -2.22. The molecule has 1 heterocycles. The smallest absolute Gasteiger partial charge is 0.319 e. The van der Waals surface area contributed by atoms with Gasteiger partial charge in [0.1, 0.15) is 12.1 Å². The van der Waals surface area contributed by atoms with Gasteiger partial charge >= 0.3 is 6.03 Å². The number of imide groups is 1. The zero-order chi connectivity index (χ0) is 13.3. The highest BCUT2D eigenvalue weighted by atomic mass is 35.5. The van der Waals surface area contributed by atoms with Gasteiger partial charge in [0.25, 0.3) is 5.91 Å². The summed E-state index contributed by atoms with van der Waals surface area (Å²) in [6, 6.07) is 8.00. The van der Waals surface area contributed by atoms with Gasteiger partial charge in [-0.15, -0.1) is 0 Å². The van der Waals surface area contributed by atoms with Crippen LogP contribution in [0.1, 0.15) is 12.5 Å². The van der Waals surface area contributed by atoms with E-state index in [0.717, 1.165) is 4.90 Å². The number of urea groups is 1. The van der Waals surface area contributed by atoms with Crippen molar-refractivity contribution >= 4 is 23.5 Å². The number of benzene rings is 1. The Morgan fingerprint density at radius 2 is 2.11 bits per heavy atom. The van der Waals surface area contributed by atoms with Crippen molar-refractivity contribution in [2.45, 2.75) is 12.5 Å². The van der Waals surface area contributed by atoms with Crippen molar-refractivity contribution in [3.05, 3.63) is 34.9 Å². The van der Waals surface area contributed by atoms with Gasteiger partial charge in [0.15, 0.2) is 0 Å². The molecule has 0 radical (unpaired) electrons. The monoisotopic (exact) mass is 263 g/mol. The van der Waals surface area contributed by atoms with Crippen LogP contribution < -0.4 is 5.32 Å². The summed E-state index contributed by atoms with van der Waals surface area (Å²) in [5.41, 5.74) is -0.697. The lowest BCUT2D eigenvalue weighted by molar-refractivity contribution is -0.130. The van der Waals surface area contributed by atoms with Crippen LogP contribution in [-0.4, -0.2) is 23.4 Å². The highest BCUT2D eigenvalue weighted by molar-refractivity contribution is 6.32. The molecule has 1 saturated heterocycles. The summed E-state index contributed by atoms with van der Waals surface area (Å²) in [6.07, 6.45) is 0. The molecule has 1 aliphatic heterocycles. The van der Waals surface area contributed by atoms with Gasteiger partial charge in [0.2, 0.25) is 0 Å². The first-order valence-electron chi connectivity index (χ1n) is 5.27. The second kappa shape index (κ2) is 4.31. The average molecular weight is 264 g/mol. The van der Waals surface area contributed by atoms with Crippen LogP contribution in [0.5, 0.6) is 0 Å². The second-order valence-corrected chi connectivity index (χ2v) is 4.49. The number of nitriles is 1. The summed E-state index contributed by atoms with van der Waals surface area (Å²) >= 11 is 6.04. The number of hydrogen-bond acceptors (Lipinski definition) is 3. The SMILES string of the molecule is CC1(c2ccccc2Cl)NC(=O)N(CC#N)C1=O. The number of hydrogen-bond donors (Lipinski definition) is 1. The molecule has 0 aliphatic carbocycles. The number of rotatable bonds is 2. The Kier molecular flexibility index (Phi) is 2.97. The molecule has 1 N–H and O–H groups in total. The fraction of sp³-hybridized carbons (Fsp3) is 0.250. The molecule has 0 saturated carbocycles. The van der Waals surface area contributed by atoms with Crippen molar-refractivity contribution in [3.63, 3.8) is 0 Å². The van der Waals surface area contributed by atoms with Gasteiger partial charge in [-0.2, -0.15) is 5.26 Å². The second-order valence-electron chi connectivity index (χ2n) is 4.08. The van der Waals surface area contributed by atoms with E-state index < -0.39 is 17.5 Å². The van der Waals surface area contributed by atoms with Gasteiger partial charge < -0.3 is 5.32 Å². The van der Waals surface area contributed by atoms with Gasteiger partial charge in [-0.1, -0.05) is 29.8 Å². The number of carbonyl (C=O) groups excluding carboxylic acids is 2. The lowest BCUT2D eigenvalue weighted by Crippen LogP contribution is -2.41. The van der Waals surface area contributed by atoms with Crippen LogP contribution in [0, 0.1) is 11.3 Å². The van der Waals surface area contributed by atoms with Crippen molar-refractivity contribution < 1.29 is 9.59 Å². The van der Waals surface area contributed by atoms with E-state index in [2.05, 4.69) is 5.32 Å². The molecular weight excluding hydrogens is 254 g/mol. The summed E-state index contributed by atoms with van der Waals surface area (Å²) in [5.74, 6) is -0.470. The molecule has 1 fully saturated rings. The molecule has 0 bridgehead atoms. The van der Waals surface area contributed by atoms with Gasteiger partial charge in [-0.3, -0.25) is 4.79 Å². The van der Waals surface area contributed by atoms with Crippen LogP contribution in [-0.2, 0) is 10.3 Å². The molecule has 1 unspecified atom stereocenters. The van der Waals surface area contributed by atoms with Gasteiger partial charge in [-0.05, 0) is 13.0 Å². The number of halogens is 1. The molecule has 92 valence electrons. The molecule has 5 nitrogen and oxygen atoms in total. The van der Waals surface area contributed by atoms with Crippen molar-refractivity contribution in [1.29, 1.82) is 5.26 Å². The minimum absolute atomic E-state index is 0.273. The van der Waals surface area contributed by atoms with Crippen molar-refractivity contribution in [2.24, 2.45) is 0 Å². The summed E-state index contributed by atoms with van der Waals surface area (Å²) in [6.45, 7) is 1.30. The fourth-order valence-electron chi connectivity index (χ4n) is 1.96. The minimum atomic E-state index is -1.22. The van der Waals surface area contributed by atoms with Gasteiger partial charge in [0, 0.05) is 10.6 Å². The van der Waals surface area contributed by atoms with Crippen molar-refractivity contribution in [3.8, 4) is 6.07 Å². The predicted octanol–water partition coefficient (Wildman–Crippen LogP) is 1.63. The predicted molar refractivity (Wildman–Crippen MR) is 64.7 cm³/mol. The molecular formula is C12H10ClN3O2. The average Bonchev–Trinajstić information content (AvgIpc) is 2.55. The molecule has 1 atom stereocenters. The van der Waals surface area contributed by atoms with Crippen LogP contribution in [0.15, 0.2) is 24.3 Å². The lowest BCUT2D eigenvalue weighted by atomic mass is 9.92. The summed E-state index contributed by atoms with van der Waals surface area (Å²) in [4.78, 5) is 24.8. The van der Waals surface area contributed by atoms with E-state index in [0.29, 0.717) is 10.6 Å². The first-order chi connectivity index (χ1) is 8.50. The maximum absolute atomic E-state index is 12.2. The van der Waals surface area contributed by atoms with E-state index in [1.54, 1.807) is 37.3 Å². The van der Waals surface area contributed by atoms with Crippen LogP contribution in [0.4, 0.5) is 4.79 Å². The molecule has 1 aromatic carbocycles. The molecule has 1 aromatic rings. The Balaban J connectivity index is 2.46. The van der Waals surface area contributed by atoms with Crippen LogP contribution in [0.3, 0.4) is 0 Å². The number of nitrogens with zero attached hydrogens (tertiary/aromatic N) is 2. The van der Waals surface area contributed by atoms with E-state index in [4.69, 9.17) is 16.9 Å². The zero-order valence-corrected chi connectivity index (χ0v) is 10.4. The van der Waals surface area contributed by atoms with Gasteiger partial charge in [0.05, 0.1) is 6.07 Å². The third-order valence-electron chi connectivity index (χ3n) is 2.92. The Morgan fingerprint density at radius 3 is 2.72 bits per heavy atom. The van der Waals surface area contributed by atoms with Crippen LogP contribution >= 0.6 is 11.6 Å². The van der Waals surface area contributed by atoms with E-state index >= 15 is 0 Å². The number of amides is 3.